The Kier molecular flexibility index (Phi) is 5.67. The van der Waals surface area contributed by atoms with Crippen LogP contribution in [0.4, 0.5) is 4.39 Å². The van der Waals surface area contributed by atoms with Crippen LogP contribution in [-0.2, 0) is 0 Å². The molecule has 0 atom stereocenters. The molecule has 1 N–H and O–H groups in total. The second-order valence-electron chi connectivity index (χ2n) is 5.51. The minimum atomic E-state index is -0.403. The molecule has 0 aliphatic carbocycles. The summed E-state index contributed by atoms with van der Waals surface area (Å²) in [5.41, 5.74) is 1.95. The van der Waals surface area contributed by atoms with Crippen molar-refractivity contribution in [3.63, 3.8) is 0 Å². The Bertz CT molecular complexity index is 626. The zero-order valence-electron chi connectivity index (χ0n) is 13.0. The van der Waals surface area contributed by atoms with Crippen LogP contribution >= 0.6 is 0 Å². The highest BCUT2D eigenvalue weighted by Crippen LogP contribution is 2.21. The van der Waals surface area contributed by atoms with Gasteiger partial charge in [0, 0.05) is 12.1 Å². The van der Waals surface area contributed by atoms with Gasteiger partial charge in [-0.15, -0.1) is 0 Å². The van der Waals surface area contributed by atoms with E-state index in [0.29, 0.717) is 17.7 Å². The van der Waals surface area contributed by atoms with Crippen molar-refractivity contribution >= 4 is 5.91 Å². The van der Waals surface area contributed by atoms with E-state index >= 15 is 0 Å². The zero-order chi connectivity index (χ0) is 15.9. The number of carbonyl (C=O) groups is 1. The van der Waals surface area contributed by atoms with Gasteiger partial charge in [-0.1, -0.05) is 30.3 Å². The van der Waals surface area contributed by atoms with Gasteiger partial charge in [-0.25, -0.2) is 4.39 Å². The maximum absolute atomic E-state index is 13.8. The molecule has 0 bridgehead atoms. The number of hydrogen-bond donors (Lipinski definition) is 1. The highest BCUT2D eigenvalue weighted by molar-refractivity contribution is 5.95. The first kappa shape index (κ1) is 16.2. The number of carbonyl (C=O) groups excluding carboxylic acids is 1. The fourth-order valence-corrected chi connectivity index (χ4v) is 2.22. The highest BCUT2D eigenvalue weighted by atomic mass is 19.1. The molecule has 0 radical (unpaired) electrons. The lowest BCUT2D eigenvalue weighted by molar-refractivity contribution is 0.0952. The molecule has 0 unspecified atom stereocenters. The molecule has 2 rings (SSSR count). The summed E-state index contributed by atoms with van der Waals surface area (Å²) in [6.07, 6.45) is 0.861. The third-order valence-corrected chi connectivity index (χ3v) is 3.33. The lowest BCUT2D eigenvalue weighted by atomic mass is 10.0. The van der Waals surface area contributed by atoms with Crippen LogP contribution in [0.15, 0.2) is 48.5 Å². The van der Waals surface area contributed by atoms with Crippen molar-refractivity contribution in [1.29, 1.82) is 0 Å². The molecule has 0 saturated heterocycles. The summed E-state index contributed by atoms with van der Waals surface area (Å²) in [6, 6.07) is 13.9. The average Bonchev–Trinajstić information content (AvgIpc) is 2.51. The summed E-state index contributed by atoms with van der Waals surface area (Å²) in [5.74, 6) is -0.643. The van der Waals surface area contributed by atoms with E-state index in [4.69, 9.17) is 0 Å². The number of halogens is 1. The largest absolute Gasteiger partial charge is 0.352 e. The smallest absolute Gasteiger partial charge is 0.251 e. The van der Waals surface area contributed by atoms with E-state index in [0.717, 1.165) is 18.5 Å². The molecule has 0 heterocycles. The van der Waals surface area contributed by atoms with Crippen molar-refractivity contribution in [3.8, 4) is 11.1 Å². The first-order valence-corrected chi connectivity index (χ1v) is 7.35. The van der Waals surface area contributed by atoms with E-state index in [9.17, 15) is 9.18 Å². The Morgan fingerprint density at radius 3 is 2.50 bits per heavy atom. The lowest BCUT2D eigenvalue weighted by Crippen LogP contribution is -2.27. The number of nitrogens with zero attached hydrogens (tertiary/aromatic N) is 1. The Morgan fingerprint density at radius 1 is 1.09 bits per heavy atom. The van der Waals surface area contributed by atoms with Crippen LogP contribution < -0.4 is 5.32 Å². The van der Waals surface area contributed by atoms with E-state index in [1.165, 1.54) is 12.1 Å². The van der Waals surface area contributed by atoms with Crippen molar-refractivity contribution < 1.29 is 9.18 Å². The summed E-state index contributed by atoms with van der Waals surface area (Å²) in [7, 11) is 3.97. The Balaban J connectivity index is 2.08. The minimum absolute atomic E-state index is 0.240. The van der Waals surface area contributed by atoms with Crippen molar-refractivity contribution in [1.82, 2.24) is 10.2 Å². The first-order chi connectivity index (χ1) is 10.6. The number of rotatable bonds is 6. The topological polar surface area (TPSA) is 32.3 Å². The van der Waals surface area contributed by atoms with Gasteiger partial charge in [0.2, 0.25) is 0 Å². The first-order valence-electron chi connectivity index (χ1n) is 7.35. The maximum Gasteiger partial charge on any atom is 0.251 e. The second kappa shape index (κ2) is 7.71. The predicted molar refractivity (Wildman–Crippen MR) is 87.3 cm³/mol. The van der Waals surface area contributed by atoms with Crippen LogP contribution in [0.3, 0.4) is 0 Å². The molecule has 22 heavy (non-hydrogen) atoms. The Morgan fingerprint density at radius 2 is 1.82 bits per heavy atom. The summed E-state index contributed by atoms with van der Waals surface area (Å²) >= 11 is 0. The molecule has 1 amide bonds. The molecular formula is C18H21FN2O. The van der Waals surface area contributed by atoms with Crippen LogP contribution in [0.25, 0.3) is 11.1 Å². The van der Waals surface area contributed by atoms with E-state index in [-0.39, 0.29) is 5.91 Å². The number of benzene rings is 2. The Hall–Kier alpha value is -2.20. The Labute approximate surface area is 130 Å². The molecule has 4 heteroatoms. The fourth-order valence-electron chi connectivity index (χ4n) is 2.22. The summed E-state index contributed by atoms with van der Waals surface area (Å²) in [5, 5.41) is 2.83. The molecule has 0 aliphatic rings. The lowest BCUT2D eigenvalue weighted by Gasteiger charge is -2.10. The maximum atomic E-state index is 13.8. The third kappa shape index (κ3) is 4.67. The van der Waals surface area contributed by atoms with Gasteiger partial charge >= 0.3 is 0 Å². The average molecular weight is 300 g/mol. The zero-order valence-corrected chi connectivity index (χ0v) is 13.0. The SMILES string of the molecule is CN(C)CCCNC(=O)c1cc(F)cc(-c2ccccc2)c1. The molecule has 3 nitrogen and oxygen atoms in total. The van der Waals surface area contributed by atoms with E-state index in [2.05, 4.69) is 10.2 Å². The fraction of sp³-hybridized carbons (Fsp3) is 0.278. The van der Waals surface area contributed by atoms with Crippen LogP contribution in [-0.4, -0.2) is 38.0 Å². The van der Waals surface area contributed by atoms with Crippen LogP contribution in [0.5, 0.6) is 0 Å². The van der Waals surface area contributed by atoms with E-state index in [1.807, 2.05) is 44.4 Å². The van der Waals surface area contributed by atoms with Crippen molar-refractivity contribution in [2.45, 2.75) is 6.42 Å². The standard InChI is InChI=1S/C18H21FN2O/c1-21(2)10-6-9-20-18(22)16-11-15(12-17(19)13-16)14-7-4-3-5-8-14/h3-5,7-8,11-13H,6,9-10H2,1-2H3,(H,20,22). The number of hydrogen-bond acceptors (Lipinski definition) is 2. The normalized spacial score (nSPS) is 10.7. The van der Waals surface area contributed by atoms with Crippen LogP contribution in [0, 0.1) is 5.82 Å². The predicted octanol–water partition coefficient (Wildman–Crippen LogP) is 3.17. The van der Waals surface area contributed by atoms with Crippen LogP contribution in [0.1, 0.15) is 16.8 Å². The van der Waals surface area contributed by atoms with Gasteiger partial charge in [-0.05, 0) is 56.4 Å². The molecule has 0 fully saturated rings. The van der Waals surface area contributed by atoms with Gasteiger partial charge in [0.05, 0.1) is 0 Å². The van der Waals surface area contributed by atoms with Gasteiger partial charge in [-0.3, -0.25) is 4.79 Å². The van der Waals surface area contributed by atoms with Gasteiger partial charge in [-0.2, -0.15) is 0 Å². The monoisotopic (exact) mass is 300 g/mol. The van der Waals surface area contributed by atoms with Crippen molar-refractivity contribution in [2.24, 2.45) is 0 Å². The molecule has 0 aliphatic heterocycles. The molecule has 2 aromatic rings. The summed E-state index contributed by atoms with van der Waals surface area (Å²) in [6.45, 7) is 1.48. The molecule has 0 aromatic heterocycles. The van der Waals surface area contributed by atoms with E-state index < -0.39 is 5.82 Å². The molecule has 0 saturated carbocycles. The quantitative estimate of drug-likeness (QED) is 0.831. The van der Waals surface area contributed by atoms with E-state index in [1.54, 1.807) is 6.07 Å². The summed E-state index contributed by atoms with van der Waals surface area (Å²) < 4.78 is 13.8. The van der Waals surface area contributed by atoms with Gasteiger partial charge in [0.25, 0.3) is 5.91 Å². The van der Waals surface area contributed by atoms with Crippen molar-refractivity contribution in [3.05, 3.63) is 59.9 Å². The van der Waals surface area contributed by atoms with Gasteiger partial charge in [0.1, 0.15) is 5.82 Å². The molecule has 116 valence electrons. The minimum Gasteiger partial charge on any atom is -0.352 e. The number of nitrogens with one attached hydrogen (secondary N) is 1. The highest BCUT2D eigenvalue weighted by Gasteiger charge is 2.09. The molecular weight excluding hydrogens is 279 g/mol. The van der Waals surface area contributed by atoms with Crippen molar-refractivity contribution in [2.75, 3.05) is 27.2 Å². The van der Waals surface area contributed by atoms with Crippen LogP contribution in [0.2, 0.25) is 0 Å². The van der Waals surface area contributed by atoms with Gasteiger partial charge < -0.3 is 10.2 Å². The molecule has 2 aromatic carbocycles. The third-order valence-electron chi connectivity index (χ3n) is 3.33. The van der Waals surface area contributed by atoms with Gasteiger partial charge in [0.15, 0.2) is 0 Å². The summed E-state index contributed by atoms with van der Waals surface area (Å²) in [4.78, 5) is 14.2. The molecule has 0 spiro atoms. The number of amides is 1. The second-order valence-corrected chi connectivity index (χ2v) is 5.51.